The lowest BCUT2D eigenvalue weighted by molar-refractivity contribution is -0.137. The van der Waals surface area contributed by atoms with Gasteiger partial charge in [-0.25, -0.2) is 4.79 Å². The first-order valence-corrected chi connectivity index (χ1v) is 22.4. The van der Waals surface area contributed by atoms with Crippen molar-refractivity contribution in [2.75, 3.05) is 60.0 Å². The Balaban J connectivity index is 1.33. The van der Waals surface area contributed by atoms with Crippen molar-refractivity contribution in [3.63, 3.8) is 0 Å². The highest BCUT2D eigenvalue weighted by Crippen LogP contribution is 2.38. The molecule has 63 heavy (non-hydrogen) atoms. The number of aromatic nitrogens is 1. The number of thiocarbonyl (C=S) groups is 1. The molecule has 3 aromatic carbocycles. The lowest BCUT2D eigenvalue weighted by Crippen LogP contribution is -2.66. The topological polar surface area (TPSA) is 187 Å². The van der Waals surface area contributed by atoms with Crippen LogP contribution in [-0.2, 0) is 54.3 Å². The van der Waals surface area contributed by atoms with Gasteiger partial charge in [0.25, 0.3) is 0 Å². The molecule has 0 saturated carbocycles. The van der Waals surface area contributed by atoms with Crippen LogP contribution in [0.1, 0.15) is 55.5 Å². The van der Waals surface area contributed by atoms with E-state index in [1.54, 1.807) is 31.4 Å². The van der Waals surface area contributed by atoms with Crippen LogP contribution in [0.5, 0.6) is 5.75 Å². The second-order valence-corrected chi connectivity index (χ2v) is 17.0. The summed E-state index contributed by atoms with van der Waals surface area (Å²) in [6, 6.07) is 18.1. The van der Waals surface area contributed by atoms with E-state index in [0.717, 1.165) is 27.1 Å². The van der Waals surface area contributed by atoms with Gasteiger partial charge in [-0.2, -0.15) is 0 Å². The number of carboxylic acid groups (broad SMARTS) is 1. The maximum Gasteiger partial charge on any atom is 0.408 e. The summed E-state index contributed by atoms with van der Waals surface area (Å²) in [4.78, 5) is 47.4. The summed E-state index contributed by atoms with van der Waals surface area (Å²) in [5, 5.41) is 18.4. The third-order valence-electron chi connectivity index (χ3n) is 11.3. The number of carbonyl (C=O) groups is 3. The molecule has 0 fully saturated rings. The molecule has 342 valence electrons. The van der Waals surface area contributed by atoms with Gasteiger partial charge in [-0.1, -0.05) is 98.2 Å². The zero-order valence-corrected chi connectivity index (χ0v) is 38.4. The average molecular weight is 929 g/mol. The fraction of sp³-hybridized carbons (Fsp3) is 0.478. The highest BCUT2D eigenvalue weighted by Gasteiger charge is 2.47. The van der Waals surface area contributed by atoms with E-state index in [0.29, 0.717) is 99.0 Å². The second-order valence-electron chi connectivity index (χ2n) is 15.7. The number of fused-ring (bicyclic) bond motifs is 3. The van der Waals surface area contributed by atoms with Gasteiger partial charge in [0.15, 0.2) is 0 Å². The molecule has 4 aromatic rings. The van der Waals surface area contributed by atoms with Crippen LogP contribution in [0.3, 0.4) is 0 Å². The number of nitrogens with two attached hydrogens (primary N) is 1. The number of nitrogens with one attached hydrogen (secondary N) is 3. The number of aromatic amines is 1. The maximum atomic E-state index is 14.9. The molecule has 6 N–H and O–H groups in total. The molecule has 1 aliphatic carbocycles. The highest BCUT2D eigenvalue weighted by molar-refractivity contribution is 7.80. The predicted octanol–water partition coefficient (Wildman–Crippen LogP) is 6.89. The van der Waals surface area contributed by atoms with Crippen molar-refractivity contribution in [3.05, 3.63) is 99.2 Å². The van der Waals surface area contributed by atoms with Gasteiger partial charge in [0, 0.05) is 36.2 Å². The number of methoxy groups -OCH3 is 1. The van der Waals surface area contributed by atoms with Gasteiger partial charge in [-0.3, -0.25) is 14.5 Å². The van der Waals surface area contributed by atoms with Crippen molar-refractivity contribution in [2.45, 2.75) is 76.5 Å². The number of carbonyl (C=O) groups excluding carboxylic acids is 2. The van der Waals surface area contributed by atoms with E-state index in [1.165, 1.54) is 0 Å². The number of H-pyrrole nitrogens is 1. The van der Waals surface area contributed by atoms with E-state index in [4.69, 9.17) is 64.8 Å². The SMILES string of the molecule is CC[C@H](C)C(NC(=O)[C@@]1(NC(=O)[C@H](CCc2ccc(OCCOCCOCCOCCOC)cc2)N(Cc2ccccc2)C(=O)O)CCc2[nH]c3c(Cl)cc(Cl)cc3c2C1)C(N)=S. The molecule has 1 aromatic heterocycles. The van der Waals surface area contributed by atoms with Gasteiger partial charge in [0.2, 0.25) is 11.8 Å². The molecule has 0 spiro atoms. The molecule has 5 rings (SSSR count). The molecule has 0 bridgehead atoms. The number of halogens is 2. The van der Waals surface area contributed by atoms with Crippen LogP contribution < -0.4 is 21.1 Å². The molecule has 0 radical (unpaired) electrons. The predicted molar refractivity (Wildman–Crippen MR) is 248 cm³/mol. The number of nitrogens with zero attached hydrogens (tertiary/aromatic N) is 1. The van der Waals surface area contributed by atoms with E-state index in [2.05, 4.69) is 15.6 Å². The van der Waals surface area contributed by atoms with Crippen molar-refractivity contribution >= 4 is 69.2 Å². The van der Waals surface area contributed by atoms with E-state index in [9.17, 15) is 19.5 Å². The Hall–Kier alpha value is -4.48. The van der Waals surface area contributed by atoms with Crippen LogP contribution in [0.4, 0.5) is 4.79 Å². The summed E-state index contributed by atoms with van der Waals surface area (Å²) >= 11 is 18.5. The number of hydrogen-bond donors (Lipinski definition) is 5. The van der Waals surface area contributed by atoms with E-state index >= 15 is 0 Å². The highest BCUT2D eigenvalue weighted by atomic mass is 35.5. The fourth-order valence-electron chi connectivity index (χ4n) is 7.63. The van der Waals surface area contributed by atoms with Crippen LogP contribution in [0, 0.1) is 5.92 Å². The van der Waals surface area contributed by atoms with Gasteiger partial charge in [-0.15, -0.1) is 0 Å². The Labute approximate surface area is 384 Å². The number of aryl methyl sites for hydroxylation is 2. The Morgan fingerprint density at radius 2 is 1.59 bits per heavy atom. The summed E-state index contributed by atoms with van der Waals surface area (Å²) in [5.41, 5.74) is 8.54. The zero-order valence-electron chi connectivity index (χ0n) is 36.1. The summed E-state index contributed by atoms with van der Waals surface area (Å²) in [5.74, 6) is -0.545. The smallest absolute Gasteiger partial charge is 0.408 e. The van der Waals surface area contributed by atoms with Crippen molar-refractivity contribution < 1.29 is 43.2 Å². The Kier molecular flexibility index (Phi) is 19.3. The molecule has 1 heterocycles. The van der Waals surface area contributed by atoms with Gasteiger partial charge in [-0.05, 0) is 72.6 Å². The molecule has 3 amide bonds. The molecule has 4 atom stereocenters. The number of ether oxygens (including phenoxy) is 5. The molecule has 14 nitrogen and oxygen atoms in total. The van der Waals surface area contributed by atoms with Crippen LogP contribution >= 0.6 is 35.4 Å². The first-order valence-electron chi connectivity index (χ1n) is 21.2. The molecule has 0 saturated heterocycles. The lowest BCUT2D eigenvalue weighted by Gasteiger charge is -2.40. The van der Waals surface area contributed by atoms with Gasteiger partial charge in [0.05, 0.1) is 67.8 Å². The van der Waals surface area contributed by atoms with E-state index in [1.807, 2.05) is 56.3 Å². The first-order chi connectivity index (χ1) is 30.3. The van der Waals surface area contributed by atoms with Crippen molar-refractivity contribution in [1.29, 1.82) is 0 Å². The lowest BCUT2D eigenvalue weighted by atomic mass is 9.78. The minimum Gasteiger partial charge on any atom is -0.491 e. The van der Waals surface area contributed by atoms with Crippen LogP contribution in [0.2, 0.25) is 10.0 Å². The number of amides is 3. The standard InChI is InChI=1S/C46H59Cl2N5O9S/c1-4-30(2)40(42(49)63)51-44(55)46(17-16-38-36(28-46)35-26-33(47)27-37(48)41(35)50-38)52-43(54)39(53(45(56)57)29-32-8-6-5-7-9-32)15-12-31-10-13-34(14-11-31)62-25-24-61-23-22-60-21-20-59-19-18-58-3/h5-11,13-14,26-27,30,39-40,50H,4,12,15-25,28-29H2,1-3H3,(H2,49,63)(H,51,55)(H,52,54)(H,56,57)/t30-,39-,40?,46+/m0/s1. The van der Waals surface area contributed by atoms with Crippen LogP contribution in [-0.4, -0.2) is 115 Å². The van der Waals surface area contributed by atoms with Crippen molar-refractivity contribution in [3.8, 4) is 5.75 Å². The Morgan fingerprint density at radius 1 is 0.937 bits per heavy atom. The fourth-order valence-corrected chi connectivity index (χ4v) is 8.47. The maximum absolute atomic E-state index is 14.9. The number of rotatable bonds is 26. The summed E-state index contributed by atoms with van der Waals surface area (Å²) in [7, 11) is 1.63. The Morgan fingerprint density at radius 3 is 2.21 bits per heavy atom. The third-order valence-corrected chi connectivity index (χ3v) is 12.1. The quantitative estimate of drug-likeness (QED) is 0.0326. The van der Waals surface area contributed by atoms with E-state index < -0.39 is 35.5 Å². The Bertz CT molecular complexity index is 2130. The molecule has 17 heteroatoms. The molecule has 0 aliphatic heterocycles. The summed E-state index contributed by atoms with van der Waals surface area (Å²) in [6.07, 6.45) is 0.520. The van der Waals surface area contributed by atoms with E-state index in [-0.39, 0.29) is 36.7 Å². The minimum absolute atomic E-state index is 0.0567. The molecule has 1 aliphatic rings. The zero-order chi connectivity index (χ0) is 45.4. The normalized spacial score (nSPS) is 16.1. The average Bonchev–Trinajstić information content (AvgIpc) is 3.63. The molecule has 1 unspecified atom stereocenters. The molecular weight excluding hydrogens is 870 g/mol. The van der Waals surface area contributed by atoms with Crippen molar-refractivity contribution in [1.82, 2.24) is 20.5 Å². The van der Waals surface area contributed by atoms with Gasteiger partial charge in [0.1, 0.15) is 23.9 Å². The monoisotopic (exact) mass is 927 g/mol. The van der Waals surface area contributed by atoms with Gasteiger partial charge >= 0.3 is 6.09 Å². The second kappa shape index (κ2) is 24.5. The number of hydrogen-bond acceptors (Lipinski definition) is 9. The largest absolute Gasteiger partial charge is 0.491 e. The summed E-state index contributed by atoms with van der Waals surface area (Å²) in [6.45, 7) is 7.47. The van der Waals surface area contributed by atoms with Crippen molar-refractivity contribution in [2.24, 2.45) is 11.7 Å². The molecular formula is C46H59Cl2N5O9S. The van der Waals surface area contributed by atoms with Crippen LogP contribution in [0.25, 0.3) is 10.9 Å². The van der Waals surface area contributed by atoms with Crippen LogP contribution in [0.15, 0.2) is 66.7 Å². The third kappa shape index (κ3) is 14.0. The summed E-state index contributed by atoms with van der Waals surface area (Å²) < 4.78 is 27.3. The van der Waals surface area contributed by atoms with Gasteiger partial charge < -0.3 is 50.1 Å². The minimum atomic E-state index is -1.52. The number of benzene rings is 3. The first kappa shape index (κ1) is 49.5.